The van der Waals surface area contributed by atoms with Crippen molar-refractivity contribution in [1.82, 2.24) is 10.1 Å². The minimum Gasteiger partial charge on any atom is -0.388 e. The van der Waals surface area contributed by atoms with Crippen molar-refractivity contribution in [3.05, 3.63) is 17.5 Å². The first-order chi connectivity index (χ1) is 7.09. The van der Waals surface area contributed by atoms with E-state index in [-0.39, 0.29) is 19.0 Å². The Morgan fingerprint density at radius 1 is 1.53 bits per heavy atom. The number of hydrogen-bond acceptors (Lipinski definition) is 5. The lowest BCUT2D eigenvalue weighted by Crippen LogP contribution is -2.29. The van der Waals surface area contributed by atoms with Crippen molar-refractivity contribution in [2.75, 3.05) is 13.1 Å². The molecule has 6 nitrogen and oxygen atoms in total. The van der Waals surface area contributed by atoms with Gasteiger partial charge in [0, 0.05) is 13.1 Å². The molecule has 2 N–H and O–H groups in total. The molecule has 1 aliphatic heterocycles. The summed E-state index contributed by atoms with van der Waals surface area (Å²) in [6, 6.07) is 0. The number of rotatable bonds is 1. The van der Waals surface area contributed by atoms with Gasteiger partial charge in [0.2, 0.25) is 0 Å². The summed E-state index contributed by atoms with van der Waals surface area (Å²) in [5.41, 5.74) is 0.372. The minimum atomic E-state index is -0.867. The van der Waals surface area contributed by atoms with Gasteiger partial charge < -0.3 is 19.6 Å². The first-order valence-corrected chi connectivity index (χ1v) is 4.66. The van der Waals surface area contributed by atoms with Gasteiger partial charge in [0.25, 0.3) is 5.91 Å². The fourth-order valence-electron chi connectivity index (χ4n) is 1.61. The molecule has 0 bridgehead atoms. The molecule has 0 unspecified atom stereocenters. The van der Waals surface area contributed by atoms with Crippen LogP contribution in [0.1, 0.15) is 16.1 Å². The Morgan fingerprint density at radius 2 is 2.13 bits per heavy atom. The van der Waals surface area contributed by atoms with Crippen LogP contribution in [0, 0.1) is 6.92 Å². The molecule has 2 atom stereocenters. The average molecular weight is 212 g/mol. The van der Waals surface area contributed by atoms with Crippen molar-refractivity contribution in [2.45, 2.75) is 19.1 Å². The molecule has 82 valence electrons. The number of nitrogens with zero attached hydrogens (tertiary/aromatic N) is 2. The first-order valence-electron chi connectivity index (χ1n) is 4.66. The van der Waals surface area contributed by atoms with E-state index in [0.29, 0.717) is 11.3 Å². The molecular formula is C9H12N2O4. The number of aliphatic hydroxyl groups excluding tert-OH is 2. The van der Waals surface area contributed by atoms with Crippen LogP contribution in [0.15, 0.2) is 10.7 Å². The van der Waals surface area contributed by atoms with Crippen LogP contribution < -0.4 is 0 Å². The molecule has 15 heavy (non-hydrogen) atoms. The molecule has 2 heterocycles. The van der Waals surface area contributed by atoms with Gasteiger partial charge in [-0.15, -0.1) is 0 Å². The molecule has 1 aliphatic rings. The van der Waals surface area contributed by atoms with Gasteiger partial charge in [0.1, 0.15) is 11.3 Å². The normalized spacial score (nSPS) is 25.9. The molecule has 1 aromatic heterocycles. The van der Waals surface area contributed by atoms with Crippen LogP contribution in [0.3, 0.4) is 0 Å². The van der Waals surface area contributed by atoms with Gasteiger partial charge in [-0.3, -0.25) is 4.79 Å². The lowest BCUT2D eigenvalue weighted by atomic mass is 10.2. The summed E-state index contributed by atoms with van der Waals surface area (Å²) in [6.07, 6.45) is -0.391. The number of aryl methyl sites for hydroxylation is 1. The highest BCUT2D eigenvalue weighted by Gasteiger charge is 2.34. The summed E-state index contributed by atoms with van der Waals surface area (Å²) >= 11 is 0. The molecule has 1 amide bonds. The Balaban J connectivity index is 2.13. The topological polar surface area (TPSA) is 86.8 Å². The van der Waals surface area contributed by atoms with Gasteiger partial charge in [0.05, 0.1) is 18.4 Å². The Labute approximate surface area is 86.1 Å². The van der Waals surface area contributed by atoms with Gasteiger partial charge in [-0.2, -0.15) is 0 Å². The highest BCUT2D eigenvalue weighted by atomic mass is 16.5. The van der Waals surface area contributed by atoms with Gasteiger partial charge in [-0.25, -0.2) is 0 Å². The summed E-state index contributed by atoms with van der Waals surface area (Å²) in [4.78, 5) is 13.2. The quantitative estimate of drug-likeness (QED) is 0.634. The van der Waals surface area contributed by atoms with E-state index in [1.807, 2.05) is 0 Å². The van der Waals surface area contributed by atoms with Crippen molar-refractivity contribution in [3.8, 4) is 0 Å². The number of carbonyl (C=O) groups is 1. The Morgan fingerprint density at radius 3 is 2.60 bits per heavy atom. The van der Waals surface area contributed by atoms with Crippen molar-refractivity contribution in [2.24, 2.45) is 0 Å². The number of aliphatic hydroxyl groups is 2. The zero-order valence-corrected chi connectivity index (χ0v) is 8.25. The van der Waals surface area contributed by atoms with E-state index in [0.717, 1.165) is 0 Å². The fraction of sp³-hybridized carbons (Fsp3) is 0.556. The zero-order valence-electron chi connectivity index (χ0n) is 8.25. The number of carbonyl (C=O) groups excluding carboxylic acids is 1. The predicted molar refractivity (Wildman–Crippen MR) is 49.2 cm³/mol. The summed E-state index contributed by atoms with van der Waals surface area (Å²) < 4.78 is 4.78. The van der Waals surface area contributed by atoms with Crippen LogP contribution in [0.2, 0.25) is 0 Å². The van der Waals surface area contributed by atoms with Gasteiger partial charge in [-0.1, -0.05) is 5.16 Å². The first kappa shape index (κ1) is 10.1. The number of likely N-dealkylation sites (tertiary alicyclic amines) is 1. The smallest absolute Gasteiger partial charge is 0.259 e. The summed E-state index contributed by atoms with van der Waals surface area (Å²) in [7, 11) is 0. The van der Waals surface area contributed by atoms with E-state index in [1.54, 1.807) is 6.92 Å². The molecule has 0 aromatic carbocycles. The molecule has 1 aromatic rings. The highest BCUT2D eigenvalue weighted by Crippen LogP contribution is 2.16. The van der Waals surface area contributed by atoms with Gasteiger partial charge in [0.15, 0.2) is 0 Å². The lowest BCUT2D eigenvalue weighted by Gasteiger charge is -2.13. The second-order valence-electron chi connectivity index (χ2n) is 3.64. The zero-order chi connectivity index (χ0) is 11.0. The largest absolute Gasteiger partial charge is 0.388 e. The standard InChI is InChI=1S/C9H12N2O4/c1-5-6(2-10-15-5)9(14)11-3-7(12)8(13)4-11/h2,7-8,12-13H,3-4H2,1H3/t7-,8+. The Hall–Kier alpha value is -1.40. The second-order valence-corrected chi connectivity index (χ2v) is 3.64. The Bertz CT molecular complexity index is 366. The molecule has 2 rings (SSSR count). The number of amides is 1. The monoisotopic (exact) mass is 212 g/mol. The highest BCUT2D eigenvalue weighted by molar-refractivity contribution is 5.95. The summed E-state index contributed by atoms with van der Waals surface area (Å²) in [5.74, 6) is 0.167. The average Bonchev–Trinajstić information content (AvgIpc) is 2.74. The van der Waals surface area contributed by atoms with Crippen LogP contribution in [0.4, 0.5) is 0 Å². The van der Waals surface area contributed by atoms with Crippen molar-refractivity contribution in [3.63, 3.8) is 0 Å². The van der Waals surface area contributed by atoms with Gasteiger partial charge in [-0.05, 0) is 6.92 Å². The third kappa shape index (κ3) is 1.73. The van der Waals surface area contributed by atoms with Crippen molar-refractivity contribution in [1.29, 1.82) is 0 Å². The van der Waals surface area contributed by atoms with Crippen LogP contribution in [0.5, 0.6) is 0 Å². The molecule has 0 spiro atoms. The van der Waals surface area contributed by atoms with Crippen LogP contribution in [0.25, 0.3) is 0 Å². The van der Waals surface area contributed by atoms with Gasteiger partial charge >= 0.3 is 0 Å². The fourth-order valence-corrected chi connectivity index (χ4v) is 1.61. The maximum atomic E-state index is 11.8. The molecule has 1 fully saturated rings. The number of aromatic nitrogens is 1. The maximum Gasteiger partial charge on any atom is 0.259 e. The lowest BCUT2D eigenvalue weighted by molar-refractivity contribution is 0.0572. The Kier molecular flexibility index (Phi) is 2.45. The number of β-amino-alcohol motifs (C(OH)–C–C–N with tert-alkyl or cyclic N) is 2. The third-order valence-corrected chi connectivity index (χ3v) is 2.53. The molecular weight excluding hydrogens is 200 g/mol. The van der Waals surface area contributed by atoms with Crippen LogP contribution in [-0.2, 0) is 0 Å². The molecule has 0 saturated carbocycles. The van der Waals surface area contributed by atoms with Crippen LogP contribution in [-0.4, -0.2) is 51.5 Å². The van der Waals surface area contributed by atoms with Crippen molar-refractivity contribution < 1.29 is 19.5 Å². The van der Waals surface area contributed by atoms with Crippen molar-refractivity contribution >= 4 is 5.91 Å². The maximum absolute atomic E-state index is 11.8. The number of hydrogen-bond donors (Lipinski definition) is 2. The van der Waals surface area contributed by atoms with E-state index in [9.17, 15) is 15.0 Å². The summed E-state index contributed by atoms with van der Waals surface area (Å²) in [6.45, 7) is 1.93. The summed E-state index contributed by atoms with van der Waals surface area (Å²) in [5, 5.41) is 22.1. The predicted octanol–water partition coefficient (Wildman–Crippen LogP) is -0.839. The minimum absolute atomic E-state index is 0.143. The van der Waals surface area contributed by atoms with E-state index in [4.69, 9.17) is 4.52 Å². The SMILES string of the molecule is Cc1oncc1C(=O)N1C[C@@H](O)[C@@H](O)C1. The molecule has 0 aliphatic carbocycles. The van der Waals surface area contributed by atoms with E-state index < -0.39 is 12.2 Å². The second kappa shape index (κ2) is 3.63. The van der Waals surface area contributed by atoms with E-state index in [2.05, 4.69) is 5.16 Å². The molecule has 1 saturated heterocycles. The molecule has 6 heteroatoms. The van der Waals surface area contributed by atoms with E-state index >= 15 is 0 Å². The van der Waals surface area contributed by atoms with Crippen LogP contribution >= 0.6 is 0 Å². The third-order valence-electron chi connectivity index (χ3n) is 2.53. The van der Waals surface area contributed by atoms with E-state index in [1.165, 1.54) is 11.1 Å². The molecule has 0 radical (unpaired) electrons.